The Kier molecular flexibility index (Phi) is 1.85. The van der Waals surface area contributed by atoms with Crippen molar-refractivity contribution >= 4 is 0 Å². The Balaban J connectivity index is 3.14. The van der Waals surface area contributed by atoms with E-state index in [9.17, 15) is 13.2 Å². The fraction of sp³-hybridized carbons (Fsp3) is 0.286. The summed E-state index contributed by atoms with van der Waals surface area (Å²) in [6, 6.07) is 3.72. The van der Waals surface area contributed by atoms with E-state index in [1.165, 1.54) is 13.0 Å². The highest BCUT2D eigenvalue weighted by Crippen LogP contribution is 2.29. The number of hydrogen-bond acceptors (Lipinski definition) is 1. The van der Waals surface area contributed by atoms with Crippen LogP contribution in [0.25, 0.3) is 0 Å². The average Bonchev–Trinajstić information content (AvgIpc) is 1.86. The number of alkyl halides is 3. The Morgan fingerprint density at radius 1 is 1.45 bits per heavy atom. The van der Waals surface area contributed by atoms with Crippen LogP contribution in [0.1, 0.15) is 11.3 Å². The SMILES string of the molecule is Cc1c[c]cnc1C(F)(F)F. The maximum atomic E-state index is 12.0. The largest absolute Gasteiger partial charge is 0.433 e. The highest BCUT2D eigenvalue weighted by atomic mass is 19.4. The Morgan fingerprint density at radius 2 is 2.09 bits per heavy atom. The molecule has 0 saturated heterocycles. The number of nitrogens with zero attached hydrogens (tertiary/aromatic N) is 1. The first-order valence-corrected chi connectivity index (χ1v) is 2.91. The van der Waals surface area contributed by atoms with Crippen LogP contribution in [-0.2, 0) is 6.18 Å². The van der Waals surface area contributed by atoms with Crippen LogP contribution in [0, 0.1) is 13.0 Å². The van der Waals surface area contributed by atoms with Gasteiger partial charge in [0.25, 0.3) is 0 Å². The molecule has 1 heterocycles. The number of hydrogen-bond donors (Lipinski definition) is 0. The molecule has 0 aliphatic rings. The van der Waals surface area contributed by atoms with Gasteiger partial charge in [-0.2, -0.15) is 13.2 Å². The lowest BCUT2D eigenvalue weighted by Crippen LogP contribution is -2.09. The number of aryl methyl sites for hydroxylation is 1. The molecule has 1 nitrogen and oxygen atoms in total. The van der Waals surface area contributed by atoms with E-state index in [0.29, 0.717) is 0 Å². The normalized spacial score (nSPS) is 11.6. The number of halogens is 3. The van der Waals surface area contributed by atoms with Crippen LogP contribution in [-0.4, -0.2) is 4.98 Å². The van der Waals surface area contributed by atoms with Gasteiger partial charge in [-0.1, -0.05) is 0 Å². The standard InChI is InChI=1S/C7H5F3N/c1-5-3-2-4-11-6(5)7(8,9)10/h3-4H,1H3. The Bertz CT molecular complexity index is 254. The van der Waals surface area contributed by atoms with E-state index in [2.05, 4.69) is 11.1 Å². The fourth-order valence-corrected chi connectivity index (χ4v) is 0.731. The third kappa shape index (κ3) is 1.69. The van der Waals surface area contributed by atoms with Crippen LogP contribution in [0.15, 0.2) is 12.3 Å². The molecule has 1 aromatic heterocycles. The van der Waals surface area contributed by atoms with Gasteiger partial charge in [-0.25, -0.2) is 0 Å². The number of aromatic nitrogens is 1. The molecule has 0 aliphatic heterocycles. The molecular weight excluding hydrogens is 155 g/mol. The number of pyridine rings is 1. The van der Waals surface area contributed by atoms with Crippen LogP contribution in [0.4, 0.5) is 13.2 Å². The topological polar surface area (TPSA) is 12.9 Å². The molecule has 0 spiro atoms. The van der Waals surface area contributed by atoms with Crippen molar-refractivity contribution < 1.29 is 13.2 Å². The van der Waals surface area contributed by atoms with Crippen LogP contribution < -0.4 is 0 Å². The Labute approximate surface area is 61.9 Å². The van der Waals surface area contributed by atoms with Gasteiger partial charge in [0.05, 0.1) is 0 Å². The predicted molar refractivity (Wildman–Crippen MR) is 32.8 cm³/mol. The van der Waals surface area contributed by atoms with Crippen LogP contribution >= 0.6 is 0 Å². The first kappa shape index (κ1) is 8.04. The van der Waals surface area contributed by atoms with Crippen molar-refractivity contribution in [3.63, 3.8) is 0 Å². The van der Waals surface area contributed by atoms with Crippen LogP contribution in [0.3, 0.4) is 0 Å². The van der Waals surface area contributed by atoms with Crippen molar-refractivity contribution in [2.24, 2.45) is 0 Å². The molecule has 1 rings (SSSR count). The van der Waals surface area contributed by atoms with Gasteiger partial charge in [0.15, 0.2) is 0 Å². The molecule has 0 aromatic carbocycles. The Morgan fingerprint density at radius 3 is 2.45 bits per heavy atom. The second-order valence-electron chi connectivity index (χ2n) is 2.10. The van der Waals surface area contributed by atoms with E-state index in [1.807, 2.05) is 0 Å². The van der Waals surface area contributed by atoms with Crippen molar-refractivity contribution in [3.8, 4) is 0 Å². The summed E-state index contributed by atoms with van der Waals surface area (Å²) in [5.41, 5.74) is -0.740. The summed E-state index contributed by atoms with van der Waals surface area (Å²) in [4.78, 5) is 3.17. The van der Waals surface area contributed by atoms with Gasteiger partial charge in [0.1, 0.15) is 5.69 Å². The molecule has 11 heavy (non-hydrogen) atoms. The average molecular weight is 160 g/mol. The van der Waals surface area contributed by atoms with E-state index in [4.69, 9.17) is 0 Å². The van der Waals surface area contributed by atoms with Gasteiger partial charge in [0, 0.05) is 12.3 Å². The molecule has 0 fully saturated rings. The van der Waals surface area contributed by atoms with Crippen molar-refractivity contribution in [1.29, 1.82) is 0 Å². The second-order valence-corrected chi connectivity index (χ2v) is 2.10. The van der Waals surface area contributed by atoms with Crippen molar-refractivity contribution in [2.45, 2.75) is 13.1 Å². The molecule has 1 aromatic rings. The minimum atomic E-state index is -4.35. The van der Waals surface area contributed by atoms with E-state index < -0.39 is 11.9 Å². The van der Waals surface area contributed by atoms with Gasteiger partial charge < -0.3 is 0 Å². The van der Waals surface area contributed by atoms with Gasteiger partial charge in [-0.3, -0.25) is 4.98 Å². The summed E-state index contributed by atoms with van der Waals surface area (Å²) in [6.45, 7) is 1.35. The highest BCUT2D eigenvalue weighted by molar-refractivity contribution is 5.19. The third-order valence-electron chi connectivity index (χ3n) is 1.21. The van der Waals surface area contributed by atoms with Gasteiger partial charge in [-0.05, 0) is 18.6 Å². The van der Waals surface area contributed by atoms with Crippen molar-refractivity contribution in [1.82, 2.24) is 4.98 Å². The summed E-state index contributed by atoms with van der Waals surface area (Å²) in [6.07, 6.45) is -3.34. The highest BCUT2D eigenvalue weighted by Gasteiger charge is 2.33. The lowest BCUT2D eigenvalue weighted by molar-refractivity contribution is -0.141. The van der Waals surface area contributed by atoms with E-state index in [0.717, 1.165) is 6.20 Å². The molecule has 0 unspecified atom stereocenters. The zero-order valence-corrected chi connectivity index (χ0v) is 5.74. The predicted octanol–water partition coefficient (Wildman–Crippen LogP) is 2.21. The molecule has 0 saturated carbocycles. The molecule has 4 heteroatoms. The molecular formula is C7H5F3N. The molecule has 59 valence electrons. The molecule has 0 amide bonds. The van der Waals surface area contributed by atoms with Crippen LogP contribution in [0.5, 0.6) is 0 Å². The summed E-state index contributed by atoms with van der Waals surface area (Å²) in [7, 11) is 0. The first-order chi connectivity index (χ1) is 5.02. The lowest BCUT2D eigenvalue weighted by atomic mass is 10.2. The first-order valence-electron chi connectivity index (χ1n) is 2.91. The second kappa shape index (κ2) is 2.53. The molecule has 0 N–H and O–H groups in total. The monoisotopic (exact) mass is 160 g/mol. The fourth-order valence-electron chi connectivity index (χ4n) is 0.731. The van der Waals surface area contributed by atoms with Crippen LogP contribution in [0.2, 0.25) is 0 Å². The molecule has 0 atom stereocenters. The summed E-state index contributed by atoms with van der Waals surface area (Å²) in [5.74, 6) is 0. The maximum absolute atomic E-state index is 12.0. The molecule has 0 bridgehead atoms. The zero-order valence-electron chi connectivity index (χ0n) is 5.74. The van der Waals surface area contributed by atoms with E-state index in [1.54, 1.807) is 0 Å². The molecule has 0 aliphatic carbocycles. The van der Waals surface area contributed by atoms with E-state index >= 15 is 0 Å². The summed E-state index contributed by atoms with van der Waals surface area (Å²) >= 11 is 0. The minimum absolute atomic E-state index is 0.0972. The van der Waals surface area contributed by atoms with Crippen molar-refractivity contribution in [2.75, 3.05) is 0 Å². The van der Waals surface area contributed by atoms with Gasteiger partial charge in [0.2, 0.25) is 0 Å². The van der Waals surface area contributed by atoms with E-state index in [-0.39, 0.29) is 5.56 Å². The Hall–Kier alpha value is -1.06. The third-order valence-corrected chi connectivity index (χ3v) is 1.21. The minimum Gasteiger partial charge on any atom is -0.251 e. The quantitative estimate of drug-likeness (QED) is 0.567. The number of rotatable bonds is 0. The van der Waals surface area contributed by atoms with Gasteiger partial charge >= 0.3 is 6.18 Å². The van der Waals surface area contributed by atoms with Gasteiger partial charge in [-0.15, -0.1) is 0 Å². The summed E-state index contributed by atoms with van der Waals surface area (Å²) < 4.78 is 35.9. The smallest absolute Gasteiger partial charge is 0.251 e. The maximum Gasteiger partial charge on any atom is 0.433 e. The molecule has 1 radical (unpaired) electrons. The zero-order chi connectivity index (χ0) is 8.48. The lowest BCUT2D eigenvalue weighted by Gasteiger charge is -2.06. The summed E-state index contributed by atoms with van der Waals surface area (Å²) in [5, 5.41) is 0. The van der Waals surface area contributed by atoms with Crippen molar-refractivity contribution in [3.05, 3.63) is 29.6 Å².